The molecule has 0 unspecified atom stereocenters. The lowest BCUT2D eigenvalue weighted by molar-refractivity contribution is 0.298. The summed E-state index contributed by atoms with van der Waals surface area (Å²) in [4.78, 5) is 0. The van der Waals surface area contributed by atoms with Crippen molar-refractivity contribution in [1.82, 2.24) is 5.43 Å². The lowest BCUT2D eigenvalue weighted by Crippen LogP contribution is -1.88. The van der Waals surface area contributed by atoms with Gasteiger partial charge in [0.2, 0.25) is 0 Å². The highest BCUT2D eigenvalue weighted by Gasteiger charge is 2.08. The fourth-order valence-corrected chi connectivity index (χ4v) is 0.685. The van der Waals surface area contributed by atoms with Crippen molar-refractivity contribution in [3.63, 3.8) is 0 Å². The number of rotatable bonds is 2. The number of nitrogens with zero attached hydrogens (tertiary/aromatic N) is 3. The van der Waals surface area contributed by atoms with Crippen LogP contribution in [0.3, 0.4) is 0 Å². The molecule has 0 aromatic rings. The average molecular weight is 144 g/mol. The van der Waals surface area contributed by atoms with Gasteiger partial charge in [0.1, 0.15) is 10.7 Å². The van der Waals surface area contributed by atoms with Crippen molar-refractivity contribution < 1.29 is 5.11 Å². The smallest absolute Gasteiger partial charge is 0.141 e. The molecule has 0 aromatic heterocycles. The van der Waals surface area contributed by atoms with Gasteiger partial charge in [0.25, 0.3) is 0 Å². The largest absolute Gasteiger partial charge is 0.396 e. The molecule has 0 amide bonds. The van der Waals surface area contributed by atoms with Gasteiger partial charge >= 0.3 is 0 Å². The predicted molar refractivity (Wildman–Crippen MR) is 34.7 cm³/mol. The Morgan fingerprint density at radius 2 is 2.33 bits per heavy atom. The summed E-state index contributed by atoms with van der Waals surface area (Å²) in [7, 11) is 0. The van der Waals surface area contributed by atoms with Crippen LogP contribution in [-0.4, -0.2) is 11.7 Å². The van der Waals surface area contributed by atoms with E-state index in [4.69, 9.17) is 5.11 Å². The first-order valence-corrected chi connectivity index (χ1v) is 2.94. The minimum atomic E-state index is 0.0634. The van der Waals surface area contributed by atoms with Gasteiger partial charge in [-0.15, -0.1) is 23.2 Å². The molecule has 0 atom stereocenters. The van der Waals surface area contributed by atoms with E-state index >= 15 is 0 Å². The summed E-state index contributed by atoms with van der Waals surface area (Å²) in [6, 6.07) is 0. The van der Waals surface area contributed by atoms with Crippen LogP contribution in [0.1, 0.15) is 6.42 Å². The molecule has 49 valence electrons. The van der Waals surface area contributed by atoms with E-state index in [1.807, 2.05) is 0 Å². The van der Waals surface area contributed by atoms with Gasteiger partial charge in [-0.2, -0.15) is 0 Å². The summed E-state index contributed by atoms with van der Waals surface area (Å²) in [6.45, 7) is 0.0634. The number of thiol groups is 1. The molecule has 0 bridgehead atoms. The molecule has 1 heterocycles. The molecule has 1 aliphatic rings. The third-order valence-electron chi connectivity index (χ3n) is 0.912. The summed E-state index contributed by atoms with van der Waals surface area (Å²) < 4.78 is 0. The Bertz CT molecular complexity index is 165. The molecule has 1 radical (unpaired) electrons. The van der Waals surface area contributed by atoms with E-state index < -0.39 is 0 Å². The van der Waals surface area contributed by atoms with Crippen molar-refractivity contribution in [1.29, 1.82) is 0 Å². The molecule has 4 nitrogen and oxygen atoms in total. The van der Waals surface area contributed by atoms with Crippen molar-refractivity contribution in [3.05, 3.63) is 10.7 Å². The molecule has 0 spiro atoms. The van der Waals surface area contributed by atoms with E-state index in [2.05, 4.69) is 28.4 Å². The summed E-state index contributed by atoms with van der Waals surface area (Å²) >= 11 is 3.94. The summed E-state index contributed by atoms with van der Waals surface area (Å²) in [6.07, 6.45) is 0.478. The summed E-state index contributed by atoms with van der Waals surface area (Å²) in [5.74, 6) is 0. The Hall–Kier alpha value is -0.550. The first kappa shape index (κ1) is 6.57. The van der Waals surface area contributed by atoms with Gasteiger partial charge < -0.3 is 5.11 Å². The third-order valence-corrected chi connectivity index (χ3v) is 1.26. The second-order valence-corrected chi connectivity index (χ2v) is 1.96. The van der Waals surface area contributed by atoms with Crippen LogP contribution in [0.25, 0.3) is 0 Å². The van der Waals surface area contributed by atoms with Crippen molar-refractivity contribution in [2.24, 2.45) is 10.3 Å². The first-order valence-electron chi connectivity index (χ1n) is 2.49. The van der Waals surface area contributed by atoms with Gasteiger partial charge in [-0.05, 0) is 5.22 Å². The van der Waals surface area contributed by atoms with Gasteiger partial charge in [-0.25, -0.2) is 0 Å². The fraction of sp³-hybridized carbons (Fsp3) is 0.500. The quantitative estimate of drug-likeness (QED) is 0.543. The second-order valence-electron chi connectivity index (χ2n) is 1.53. The number of hydrogen-bond donors (Lipinski definition) is 2. The fourth-order valence-electron chi connectivity index (χ4n) is 0.489. The lowest BCUT2D eigenvalue weighted by Gasteiger charge is -1.90. The van der Waals surface area contributed by atoms with Crippen LogP contribution in [0.4, 0.5) is 0 Å². The van der Waals surface area contributed by atoms with E-state index in [0.29, 0.717) is 17.1 Å². The average Bonchev–Trinajstić information content (AvgIpc) is 2.18. The van der Waals surface area contributed by atoms with Gasteiger partial charge in [-0.1, -0.05) is 0 Å². The van der Waals surface area contributed by atoms with Crippen LogP contribution in [0.15, 0.2) is 21.1 Å². The second kappa shape index (κ2) is 2.84. The SMILES string of the molecule is OCCC1=C(S)[N]N=N1. The Labute approximate surface area is 58.1 Å². The highest BCUT2D eigenvalue weighted by molar-refractivity contribution is 7.84. The van der Waals surface area contributed by atoms with E-state index in [-0.39, 0.29) is 6.61 Å². The minimum Gasteiger partial charge on any atom is -0.396 e. The summed E-state index contributed by atoms with van der Waals surface area (Å²) in [5.41, 5.74) is 4.18. The van der Waals surface area contributed by atoms with Gasteiger partial charge in [-0.3, -0.25) is 0 Å². The maximum Gasteiger partial charge on any atom is 0.141 e. The van der Waals surface area contributed by atoms with Crippen LogP contribution in [0.5, 0.6) is 0 Å². The number of aliphatic hydroxyl groups excluding tert-OH is 1. The van der Waals surface area contributed by atoms with Crippen LogP contribution in [0, 0.1) is 0 Å². The summed E-state index contributed by atoms with van der Waals surface area (Å²) in [5, 5.41) is 15.9. The molecule has 0 saturated heterocycles. The van der Waals surface area contributed by atoms with E-state index in [0.717, 1.165) is 0 Å². The van der Waals surface area contributed by atoms with Crippen molar-refractivity contribution in [3.8, 4) is 0 Å². The van der Waals surface area contributed by atoms with Crippen molar-refractivity contribution in [2.75, 3.05) is 6.61 Å². The first-order chi connectivity index (χ1) is 4.34. The molecule has 1 rings (SSSR count). The molecule has 0 fully saturated rings. The van der Waals surface area contributed by atoms with E-state index in [9.17, 15) is 0 Å². The molecular formula is C4H6N3OS. The number of aliphatic hydroxyl groups is 1. The predicted octanol–water partition coefficient (Wildman–Crippen LogP) is 0.453. The van der Waals surface area contributed by atoms with Gasteiger partial charge in [0.05, 0.1) is 0 Å². The van der Waals surface area contributed by atoms with E-state index in [1.165, 1.54) is 0 Å². The highest BCUT2D eigenvalue weighted by atomic mass is 32.1. The van der Waals surface area contributed by atoms with Gasteiger partial charge in [0.15, 0.2) is 0 Å². The Morgan fingerprint density at radius 1 is 1.56 bits per heavy atom. The topological polar surface area (TPSA) is 59.0 Å². The maximum absolute atomic E-state index is 8.43. The molecule has 0 aliphatic carbocycles. The Balaban J connectivity index is 2.54. The standard InChI is InChI=1S/C4H6N3OS/c8-2-1-3-4(9)6-7-5-3/h8-9H,1-2H2. The zero-order valence-electron chi connectivity index (χ0n) is 4.65. The van der Waals surface area contributed by atoms with Crippen molar-refractivity contribution in [2.45, 2.75) is 6.42 Å². The van der Waals surface area contributed by atoms with Crippen molar-refractivity contribution >= 4 is 12.6 Å². The normalized spacial score (nSPS) is 16.7. The van der Waals surface area contributed by atoms with Crippen LogP contribution < -0.4 is 5.43 Å². The molecular weight excluding hydrogens is 138 g/mol. The van der Waals surface area contributed by atoms with Crippen LogP contribution in [0.2, 0.25) is 0 Å². The Kier molecular flexibility index (Phi) is 2.07. The molecule has 9 heavy (non-hydrogen) atoms. The molecule has 5 heteroatoms. The monoisotopic (exact) mass is 144 g/mol. The molecule has 0 aromatic carbocycles. The Morgan fingerprint density at radius 3 is 2.78 bits per heavy atom. The molecule has 0 saturated carbocycles. The lowest BCUT2D eigenvalue weighted by atomic mass is 10.4. The molecule has 1 N–H and O–H groups in total. The zero-order valence-corrected chi connectivity index (χ0v) is 5.54. The van der Waals surface area contributed by atoms with Crippen LogP contribution in [-0.2, 0) is 0 Å². The molecule has 1 aliphatic heterocycles. The maximum atomic E-state index is 8.43. The minimum absolute atomic E-state index is 0.0634. The number of hydrogen-bond acceptors (Lipinski definition) is 4. The van der Waals surface area contributed by atoms with Gasteiger partial charge in [0, 0.05) is 13.0 Å². The third kappa shape index (κ3) is 1.43. The van der Waals surface area contributed by atoms with Crippen LogP contribution >= 0.6 is 12.6 Å². The zero-order chi connectivity index (χ0) is 6.69. The highest BCUT2D eigenvalue weighted by Crippen LogP contribution is 2.17. The van der Waals surface area contributed by atoms with E-state index in [1.54, 1.807) is 0 Å².